The largest absolute Gasteiger partial charge is 0.480 e. The third-order valence-electron chi connectivity index (χ3n) is 6.05. The molecule has 180 valence electrons. The summed E-state index contributed by atoms with van der Waals surface area (Å²) in [7, 11) is 0. The van der Waals surface area contributed by atoms with Gasteiger partial charge in [0, 0.05) is 25.2 Å². The van der Waals surface area contributed by atoms with Crippen molar-refractivity contribution in [2.24, 2.45) is 0 Å². The molecule has 33 heavy (non-hydrogen) atoms. The zero-order chi connectivity index (χ0) is 24.0. The molecule has 2 N–H and O–H groups in total. The normalized spacial score (nSPS) is 22.2. The summed E-state index contributed by atoms with van der Waals surface area (Å²) in [6.45, 7) is 3.10. The van der Waals surface area contributed by atoms with Crippen LogP contribution in [0, 0.1) is 10.1 Å². The number of fused-ring (bicyclic) bond motifs is 1. The summed E-state index contributed by atoms with van der Waals surface area (Å²) in [6, 6.07) is 3.72. The lowest BCUT2D eigenvalue weighted by Crippen LogP contribution is -2.61. The summed E-state index contributed by atoms with van der Waals surface area (Å²) >= 11 is 0. The number of nitro groups is 1. The molecule has 0 aromatic heterocycles. The van der Waals surface area contributed by atoms with E-state index in [1.807, 2.05) is 5.01 Å². The van der Waals surface area contributed by atoms with E-state index in [4.69, 9.17) is 4.74 Å². The Morgan fingerprint density at radius 1 is 1.24 bits per heavy atom. The maximum Gasteiger partial charge on any atom is 0.328 e. The molecule has 0 bridgehead atoms. The van der Waals surface area contributed by atoms with Crippen molar-refractivity contribution in [1.82, 2.24) is 15.3 Å². The third-order valence-corrected chi connectivity index (χ3v) is 6.05. The van der Waals surface area contributed by atoms with Gasteiger partial charge in [-0.25, -0.2) is 9.80 Å². The number of hydrogen-bond acceptors (Lipinski definition) is 8. The van der Waals surface area contributed by atoms with E-state index in [1.54, 1.807) is 19.1 Å². The summed E-state index contributed by atoms with van der Waals surface area (Å²) in [5.41, 5.74) is 0.805. The second kappa shape index (κ2) is 11.2. The van der Waals surface area contributed by atoms with E-state index >= 15 is 0 Å². The molecule has 1 amide bonds. The second-order valence-corrected chi connectivity index (χ2v) is 8.26. The maximum absolute atomic E-state index is 13.3. The molecule has 0 saturated carbocycles. The number of nitro benzene ring substituents is 1. The molecular weight excluding hydrogens is 432 g/mol. The Morgan fingerprint density at radius 3 is 2.52 bits per heavy atom. The fraction of sp³-hybridized carbons (Fsp3) is 0.591. The molecule has 2 aliphatic rings. The van der Waals surface area contributed by atoms with Crippen molar-refractivity contribution in [2.75, 3.05) is 19.7 Å². The fourth-order valence-electron chi connectivity index (χ4n) is 4.40. The standard InChI is InChI=1S/C22H30N4O7/c1-2-33-22(30)18(12-9-15-7-10-16(11-8-15)26(31)32)23-17-5-3-13-24-14-4-6-19(21(28)29)25(24)20(17)27/h7-8,10-11,17-19,23H,2-6,9,12-14H2,1H3,(H,28,29)/t17-,18+,19-/m0/s1. The molecule has 1 aromatic carbocycles. The molecule has 2 aliphatic heterocycles. The highest BCUT2D eigenvalue weighted by molar-refractivity contribution is 5.87. The number of carboxylic acids is 1. The molecule has 0 radical (unpaired) electrons. The number of nitrogens with one attached hydrogen (secondary N) is 1. The zero-order valence-corrected chi connectivity index (χ0v) is 18.6. The van der Waals surface area contributed by atoms with Gasteiger partial charge in [-0.2, -0.15) is 0 Å². The van der Waals surface area contributed by atoms with Crippen LogP contribution in [0.1, 0.15) is 44.6 Å². The molecule has 11 nitrogen and oxygen atoms in total. The van der Waals surface area contributed by atoms with Gasteiger partial charge in [-0.15, -0.1) is 0 Å². The van der Waals surface area contributed by atoms with Gasteiger partial charge in [-0.1, -0.05) is 12.1 Å². The molecule has 1 aromatic rings. The van der Waals surface area contributed by atoms with E-state index in [0.29, 0.717) is 51.6 Å². The highest BCUT2D eigenvalue weighted by Gasteiger charge is 2.42. The number of carbonyl (C=O) groups is 3. The number of aliphatic carboxylic acids is 1. The first-order valence-corrected chi connectivity index (χ1v) is 11.3. The maximum atomic E-state index is 13.3. The number of hydrazine groups is 1. The van der Waals surface area contributed by atoms with Crippen molar-refractivity contribution in [1.29, 1.82) is 0 Å². The molecule has 0 unspecified atom stereocenters. The Balaban J connectivity index is 1.73. The average molecular weight is 463 g/mol. The summed E-state index contributed by atoms with van der Waals surface area (Å²) < 4.78 is 5.20. The number of aryl methyl sites for hydroxylation is 1. The smallest absolute Gasteiger partial charge is 0.328 e. The van der Waals surface area contributed by atoms with Crippen LogP contribution in [-0.2, 0) is 25.5 Å². The quantitative estimate of drug-likeness (QED) is 0.317. The van der Waals surface area contributed by atoms with Gasteiger partial charge in [-0.3, -0.25) is 30.0 Å². The predicted molar refractivity (Wildman–Crippen MR) is 117 cm³/mol. The molecule has 3 rings (SSSR count). The third kappa shape index (κ3) is 6.05. The van der Waals surface area contributed by atoms with Crippen LogP contribution in [0.4, 0.5) is 5.69 Å². The number of rotatable bonds is 9. The van der Waals surface area contributed by atoms with E-state index in [9.17, 15) is 29.6 Å². The molecule has 0 aliphatic carbocycles. The van der Waals surface area contributed by atoms with Crippen molar-refractivity contribution in [3.8, 4) is 0 Å². The first-order valence-electron chi connectivity index (χ1n) is 11.3. The van der Waals surface area contributed by atoms with E-state index in [1.165, 1.54) is 17.1 Å². The topological polar surface area (TPSA) is 142 Å². The number of hydrogen-bond donors (Lipinski definition) is 2. The van der Waals surface area contributed by atoms with Crippen LogP contribution in [0.3, 0.4) is 0 Å². The molecule has 2 saturated heterocycles. The number of amides is 1. The Kier molecular flexibility index (Phi) is 8.34. The lowest BCUT2D eigenvalue weighted by atomic mass is 10.0. The van der Waals surface area contributed by atoms with Crippen LogP contribution in [0.15, 0.2) is 24.3 Å². The predicted octanol–water partition coefficient (Wildman–Crippen LogP) is 1.50. The van der Waals surface area contributed by atoms with Crippen molar-refractivity contribution in [3.63, 3.8) is 0 Å². The molecule has 3 atom stereocenters. The average Bonchev–Trinajstić information content (AvgIpc) is 2.95. The minimum absolute atomic E-state index is 0.0121. The van der Waals surface area contributed by atoms with Crippen LogP contribution in [0.25, 0.3) is 0 Å². The lowest BCUT2D eigenvalue weighted by Gasteiger charge is -2.42. The van der Waals surface area contributed by atoms with Gasteiger partial charge in [0.2, 0.25) is 0 Å². The zero-order valence-electron chi connectivity index (χ0n) is 18.6. The molecular formula is C22H30N4O7. The number of carbonyl (C=O) groups excluding carboxylic acids is 2. The van der Waals surface area contributed by atoms with E-state index in [2.05, 4.69) is 5.32 Å². The van der Waals surface area contributed by atoms with E-state index in [0.717, 1.165) is 5.56 Å². The van der Waals surface area contributed by atoms with Crippen LogP contribution in [-0.4, -0.2) is 75.7 Å². The lowest BCUT2D eigenvalue weighted by molar-refractivity contribution is -0.384. The highest BCUT2D eigenvalue weighted by Crippen LogP contribution is 2.24. The van der Waals surface area contributed by atoms with Gasteiger partial charge >= 0.3 is 11.9 Å². The number of benzene rings is 1. The number of ether oxygens (including phenoxy) is 1. The minimum Gasteiger partial charge on any atom is -0.480 e. The Hall–Kier alpha value is -3.05. The Morgan fingerprint density at radius 2 is 1.91 bits per heavy atom. The first kappa shape index (κ1) is 24.6. The van der Waals surface area contributed by atoms with E-state index in [-0.39, 0.29) is 18.2 Å². The van der Waals surface area contributed by atoms with Crippen LogP contribution < -0.4 is 5.32 Å². The van der Waals surface area contributed by atoms with Gasteiger partial charge in [0.1, 0.15) is 12.1 Å². The van der Waals surface area contributed by atoms with Gasteiger partial charge in [0.25, 0.3) is 11.6 Å². The number of carboxylic acid groups (broad SMARTS) is 1. The summed E-state index contributed by atoms with van der Waals surface area (Å²) in [4.78, 5) is 48.1. The van der Waals surface area contributed by atoms with Gasteiger partial charge in [0.05, 0.1) is 17.6 Å². The monoisotopic (exact) mass is 462 g/mol. The second-order valence-electron chi connectivity index (χ2n) is 8.26. The highest BCUT2D eigenvalue weighted by atomic mass is 16.6. The van der Waals surface area contributed by atoms with Crippen molar-refractivity contribution < 1.29 is 29.2 Å². The number of esters is 1. The van der Waals surface area contributed by atoms with Crippen LogP contribution in [0.2, 0.25) is 0 Å². The first-order chi connectivity index (χ1) is 15.8. The van der Waals surface area contributed by atoms with Crippen LogP contribution >= 0.6 is 0 Å². The summed E-state index contributed by atoms with van der Waals surface area (Å²) in [5, 5.41) is 26.8. The summed E-state index contributed by atoms with van der Waals surface area (Å²) in [6.07, 6.45) is 3.04. The Labute approximate surface area is 191 Å². The van der Waals surface area contributed by atoms with Gasteiger partial charge in [0.15, 0.2) is 0 Å². The van der Waals surface area contributed by atoms with Crippen LogP contribution in [0.5, 0.6) is 0 Å². The summed E-state index contributed by atoms with van der Waals surface area (Å²) in [5.74, 6) is -1.86. The van der Waals surface area contributed by atoms with E-state index < -0.39 is 35.0 Å². The molecule has 2 fully saturated rings. The van der Waals surface area contributed by atoms with Crippen molar-refractivity contribution in [3.05, 3.63) is 39.9 Å². The number of non-ortho nitro benzene ring substituents is 1. The van der Waals surface area contributed by atoms with Crippen molar-refractivity contribution in [2.45, 2.75) is 63.6 Å². The minimum atomic E-state index is -1.03. The fourth-order valence-corrected chi connectivity index (χ4v) is 4.40. The molecule has 2 heterocycles. The molecule has 11 heteroatoms. The van der Waals surface area contributed by atoms with Gasteiger partial charge < -0.3 is 9.84 Å². The van der Waals surface area contributed by atoms with Crippen molar-refractivity contribution >= 4 is 23.5 Å². The Bertz CT molecular complexity index is 876. The number of nitrogens with zero attached hydrogens (tertiary/aromatic N) is 3. The molecule has 0 spiro atoms. The SMILES string of the molecule is CCOC(=O)[C@@H](CCc1ccc([N+](=O)[O-])cc1)N[C@H]1CCCN2CCC[C@@H](C(=O)O)N2C1=O. The van der Waals surface area contributed by atoms with Gasteiger partial charge in [-0.05, 0) is 51.0 Å².